The van der Waals surface area contributed by atoms with Gasteiger partial charge in [-0.3, -0.25) is 23.7 Å². The minimum atomic E-state index is -0.956. The van der Waals surface area contributed by atoms with Crippen molar-refractivity contribution in [1.82, 2.24) is 39.8 Å². The molecule has 18 heteroatoms. The predicted molar refractivity (Wildman–Crippen MR) is 249 cm³/mol. The maximum Gasteiger partial charge on any atom is 0.246 e. The molecule has 5 aromatic rings. The molecule has 350 valence electrons. The summed E-state index contributed by atoms with van der Waals surface area (Å²) >= 11 is 1.58. The molecule has 0 spiro atoms. The first-order valence-electron chi connectivity index (χ1n) is 22.5. The summed E-state index contributed by atoms with van der Waals surface area (Å²) in [7, 11) is 0. The average molecular weight is 914 g/mol. The van der Waals surface area contributed by atoms with Gasteiger partial charge in [-0.15, -0.1) is 11.3 Å². The van der Waals surface area contributed by atoms with Crippen LogP contribution in [-0.4, -0.2) is 162 Å². The number of anilines is 1. The number of fused-ring (bicyclic) bond motifs is 3. The van der Waals surface area contributed by atoms with Gasteiger partial charge >= 0.3 is 0 Å². The summed E-state index contributed by atoms with van der Waals surface area (Å²) in [5.74, 6) is 0.401. The Kier molecular flexibility index (Phi) is 16.5. The number of imidazole rings is 1. The van der Waals surface area contributed by atoms with Crippen molar-refractivity contribution in [2.75, 3.05) is 97.0 Å². The maximum absolute atomic E-state index is 14.0. The third kappa shape index (κ3) is 12.6. The monoisotopic (exact) mass is 913 g/mol. The van der Waals surface area contributed by atoms with Crippen molar-refractivity contribution >= 4 is 51.7 Å². The smallest absolute Gasteiger partial charge is 0.246 e. The Balaban J connectivity index is 0.725. The lowest BCUT2D eigenvalue weighted by atomic mass is 9.85. The second-order valence-corrected chi connectivity index (χ2v) is 18.5. The number of rotatable bonds is 21. The molecule has 3 amide bonds. The van der Waals surface area contributed by atoms with Crippen molar-refractivity contribution in [2.45, 2.75) is 65.3 Å². The molecule has 1 unspecified atom stereocenters. The van der Waals surface area contributed by atoms with Gasteiger partial charge in [-0.05, 0) is 48.6 Å². The van der Waals surface area contributed by atoms with Gasteiger partial charge in [0, 0.05) is 51.9 Å². The van der Waals surface area contributed by atoms with E-state index < -0.39 is 35.4 Å². The van der Waals surface area contributed by atoms with Crippen LogP contribution in [0.5, 0.6) is 0 Å². The highest BCUT2D eigenvalue weighted by Gasteiger charge is 2.44. The zero-order valence-electron chi connectivity index (χ0n) is 38.1. The van der Waals surface area contributed by atoms with Crippen LogP contribution >= 0.6 is 11.3 Å². The molecule has 7 rings (SSSR count). The molecule has 3 N–H and O–H groups in total. The minimum absolute atomic E-state index is 0.0109. The largest absolute Gasteiger partial charge is 0.391 e. The molecule has 0 saturated carbocycles. The fourth-order valence-electron chi connectivity index (χ4n) is 8.15. The van der Waals surface area contributed by atoms with Gasteiger partial charge in [0.15, 0.2) is 0 Å². The van der Waals surface area contributed by atoms with Crippen molar-refractivity contribution in [3.05, 3.63) is 77.6 Å². The topological polar surface area (TPSA) is 185 Å². The molecule has 0 radical (unpaired) electrons. The summed E-state index contributed by atoms with van der Waals surface area (Å²) in [6.07, 6.45) is 1.28. The first-order valence-corrected chi connectivity index (χ1v) is 23.3. The Morgan fingerprint density at radius 3 is 2.22 bits per heavy atom. The molecule has 2 aliphatic rings. The van der Waals surface area contributed by atoms with E-state index in [9.17, 15) is 19.5 Å². The molecule has 2 aromatic carbocycles. The first kappa shape index (κ1) is 47.9. The number of β-amino-alcohol motifs (C(OH)–C–C–N with tert-alkyl or cyclic N) is 1. The number of hydrogen-bond acceptors (Lipinski definition) is 14. The molecule has 4 atom stereocenters. The Hall–Kier alpha value is -5.08. The van der Waals surface area contributed by atoms with Crippen LogP contribution in [0, 0.1) is 12.3 Å². The highest BCUT2D eigenvalue weighted by Crippen LogP contribution is 2.30. The highest BCUT2D eigenvalue weighted by atomic mass is 32.1. The van der Waals surface area contributed by atoms with Crippen LogP contribution in [0.25, 0.3) is 27.3 Å². The molecule has 3 aromatic heterocycles. The normalized spacial score (nSPS) is 18.1. The van der Waals surface area contributed by atoms with Crippen LogP contribution in [0.4, 0.5) is 5.82 Å². The Morgan fingerprint density at radius 1 is 0.862 bits per heavy atom. The number of likely N-dealkylation sites (tertiary alicyclic amines) is 1. The van der Waals surface area contributed by atoms with Crippen molar-refractivity contribution < 1.29 is 38.4 Å². The predicted octanol–water partition coefficient (Wildman–Crippen LogP) is 3.87. The van der Waals surface area contributed by atoms with E-state index in [-0.39, 0.29) is 44.7 Å². The Bertz CT molecular complexity index is 2340. The molecule has 0 aliphatic carbocycles. The lowest BCUT2D eigenvalue weighted by molar-refractivity contribution is -0.144. The number of para-hydroxylation sites is 2. The molecule has 17 nitrogen and oxygen atoms in total. The van der Waals surface area contributed by atoms with Gasteiger partial charge < -0.3 is 44.5 Å². The summed E-state index contributed by atoms with van der Waals surface area (Å²) in [6, 6.07) is 15.9. The maximum atomic E-state index is 14.0. The van der Waals surface area contributed by atoms with Gasteiger partial charge in [0.05, 0.1) is 85.5 Å². The van der Waals surface area contributed by atoms with Crippen LogP contribution < -0.4 is 15.5 Å². The number of nitrogens with one attached hydrogen (secondary N) is 2. The van der Waals surface area contributed by atoms with Crippen molar-refractivity contribution in [1.29, 1.82) is 0 Å². The van der Waals surface area contributed by atoms with E-state index in [0.29, 0.717) is 33.0 Å². The number of aliphatic hydroxyl groups is 1. The number of ether oxygens (including phenoxy) is 4. The second-order valence-electron chi connectivity index (χ2n) is 17.7. The summed E-state index contributed by atoms with van der Waals surface area (Å²) in [5.41, 5.74) is 6.06. The van der Waals surface area contributed by atoms with E-state index in [4.69, 9.17) is 23.9 Å². The van der Waals surface area contributed by atoms with Crippen molar-refractivity contribution in [3.63, 3.8) is 0 Å². The van der Waals surface area contributed by atoms with Crippen molar-refractivity contribution in [3.8, 4) is 10.4 Å². The van der Waals surface area contributed by atoms with Gasteiger partial charge in [-0.2, -0.15) is 4.98 Å². The molecule has 0 bridgehead atoms. The van der Waals surface area contributed by atoms with Gasteiger partial charge in [0.25, 0.3) is 0 Å². The van der Waals surface area contributed by atoms with E-state index >= 15 is 0 Å². The van der Waals surface area contributed by atoms with Crippen LogP contribution in [0.15, 0.2) is 66.3 Å². The van der Waals surface area contributed by atoms with Gasteiger partial charge in [0.1, 0.15) is 24.5 Å². The number of piperazine rings is 1. The van der Waals surface area contributed by atoms with Crippen LogP contribution in [0.1, 0.15) is 51.4 Å². The zero-order valence-corrected chi connectivity index (χ0v) is 38.9. The third-order valence-corrected chi connectivity index (χ3v) is 12.8. The average Bonchev–Trinajstić information content (AvgIpc) is 4.02. The van der Waals surface area contributed by atoms with Gasteiger partial charge in [0.2, 0.25) is 23.5 Å². The Labute approximate surface area is 384 Å². The van der Waals surface area contributed by atoms with E-state index in [2.05, 4.69) is 42.5 Å². The number of aryl methyl sites for hydroxylation is 1. The molecular formula is C47H63N9O8S. The number of benzene rings is 2. The highest BCUT2D eigenvalue weighted by molar-refractivity contribution is 7.13. The fraction of sp³-hybridized carbons (Fsp3) is 0.532. The number of carbonyl (C=O) groups is 3. The number of aromatic nitrogens is 4. The molecule has 5 heterocycles. The summed E-state index contributed by atoms with van der Waals surface area (Å²) in [5, 5.41) is 16.4. The number of aliphatic hydroxyl groups excluding tert-OH is 1. The quantitative estimate of drug-likeness (QED) is 0.0903. The second kappa shape index (κ2) is 22.4. The first-order chi connectivity index (χ1) is 31.4. The van der Waals surface area contributed by atoms with E-state index in [1.807, 2.05) is 93.2 Å². The lowest BCUT2D eigenvalue weighted by Crippen LogP contribution is -2.58. The molecule has 2 aliphatic heterocycles. The lowest BCUT2D eigenvalue weighted by Gasteiger charge is -2.35. The number of nitrogens with zero attached hydrogens (tertiary/aromatic N) is 7. The number of amides is 3. The minimum Gasteiger partial charge on any atom is -0.391 e. The van der Waals surface area contributed by atoms with E-state index in [1.165, 1.54) is 4.90 Å². The number of hydrogen-bond donors (Lipinski definition) is 3. The number of thiazole rings is 1. The van der Waals surface area contributed by atoms with Gasteiger partial charge in [-0.25, -0.2) is 9.97 Å². The molecular weight excluding hydrogens is 851 g/mol. The van der Waals surface area contributed by atoms with E-state index in [0.717, 1.165) is 77.1 Å². The SMILES string of the molecule is Cc1ncsc1-c1ccc([C@H](C)NC(=O)[C@@H]2C[C@@H](O)CN2C(=O)C(NC(=O)COCCOCCOCCOCCN2CCN(c3ccn4c(n3)nc3ccccc34)CC2)C(C)(C)C)cc1. The molecule has 65 heavy (non-hydrogen) atoms. The Morgan fingerprint density at radius 2 is 1.54 bits per heavy atom. The van der Waals surface area contributed by atoms with Crippen LogP contribution in [0.2, 0.25) is 0 Å². The van der Waals surface area contributed by atoms with Crippen molar-refractivity contribution in [2.24, 2.45) is 5.41 Å². The summed E-state index contributed by atoms with van der Waals surface area (Å²) in [4.78, 5) is 61.6. The third-order valence-electron chi connectivity index (χ3n) is 11.8. The summed E-state index contributed by atoms with van der Waals surface area (Å²) in [6.45, 7) is 16.4. The van der Waals surface area contributed by atoms with E-state index in [1.54, 1.807) is 11.3 Å². The standard InChI is InChI=1S/C47H63N9O8S/c1-32(34-10-12-35(13-11-34)42-33(2)48-31-65-42)49-44(59)39-28-36(57)29-56(39)45(60)43(47(3,4)5)52-41(58)30-64-27-26-63-25-24-62-23-22-61-21-20-53-16-18-54(19-17-53)40-14-15-55-38-9-7-6-8-37(38)50-46(55)51-40/h6-15,31-32,36,39,43,57H,16-30H2,1-5H3,(H,49,59)(H,52,58)/t32-,36+,39-,43?/m0/s1. The summed E-state index contributed by atoms with van der Waals surface area (Å²) < 4.78 is 24.6. The van der Waals surface area contributed by atoms with Crippen LogP contribution in [0.3, 0.4) is 0 Å². The van der Waals surface area contributed by atoms with Gasteiger partial charge in [-0.1, -0.05) is 57.2 Å². The molecule has 2 fully saturated rings. The van der Waals surface area contributed by atoms with Crippen LogP contribution in [-0.2, 0) is 33.3 Å². The fourth-order valence-corrected chi connectivity index (χ4v) is 8.96. The molecule has 2 saturated heterocycles. The number of carbonyl (C=O) groups excluding carboxylic acids is 3. The zero-order chi connectivity index (χ0) is 45.9.